The fourth-order valence-electron chi connectivity index (χ4n) is 3.98. The number of aromatic carboxylic acids is 1. The molecule has 1 aliphatic carbocycles. The fourth-order valence-corrected chi connectivity index (χ4v) is 3.98. The molecule has 0 aliphatic heterocycles. The lowest BCUT2D eigenvalue weighted by molar-refractivity contribution is 0.0696. The smallest absolute Gasteiger partial charge is 0.335 e. The van der Waals surface area contributed by atoms with Crippen LogP contribution in [-0.2, 0) is 6.42 Å². The highest BCUT2D eigenvalue weighted by Gasteiger charge is 2.47. The zero-order chi connectivity index (χ0) is 20.0. The molecule has 0 amide bonds. The van der Waals surface area contributed by atoms with Gasteiger partial charge in [0.15, 0.2) is 5.76 Å². The second kappa shape index (κ2) is 6.86. The van der Waals surface area contributed by atoms with Crippen LogP contribution in [0.1, 0.15) is 65.1 Å². The molecule has 2 heterocycles. The zero-order valence-electron chi connectivity index (χ0n) is 16.1. The molecule has 0 spiro atoms. The maximum absolute atomic E-state index is 13.3. The Morgan fingerprint density at radius 1 is 1.21 bits per heavy atom. The molecule has 2 aromatic heterocycles. The van der Waals surface area contributed by atoms with Crippen molar-refractivity contribution in [2.75, 3.05) is 6.61 Å². The van der Waals surface area contributed by atoms with E-state index in [0.717, 1.165) is 17.7 Å². The first-order valence-corrected chi connectivity index (χ1v) is 9.50. The minimum absolute atomic E-state index is 0.00715. The summed E-state index contributed by atoms with van der Waals surface area (Å²) in [7, 11) is 0. The zero-order valence-corrected chi connectivity index (χ0v) is 16.1. The Labute approximate surface area is 161 Å². The molecule has 4 rings (SSSR count). The summed E-state index contributed by atoms with van der Waals surface area (Å²) in [6, 6.07) is 4.98. The maximum atomic E-state index is 13.3. The van der Waals surface area contributed by atoms with Crippen LogP contribution in [0.5, 0.6) is 5.75 Å². The van der Waals surface area contributed by atoms with Gasteiger partial charge in [-0.25, -0.2) is 4.79 Å². The normalized spacial score (nSPS) is 18.4. The lowest BCUT2D eigenvalue weighted by Gasteiger charge is -2.13. The molecule has 0 bridgehead atoms. The third-order valence-corrected chi connectivity index (χ3v) is 5.39. The number of aryl methyl sites for hydroxylation is 2. The Bertz CT molecular complexity index is 1120. The van der Waals surface area contributed by atoms with Crippen molar-refractivity contribution in [2.45, 2.75) is 45.4 Å². The summed E-state index contributed by atoms with van der Waals surface area (Å²) in [5.74, 6) is 0.710. The first kappa shape index (κ1) is 18.3. The van der Waals surface area contributed by atoms with Crippen molar-refractivity contribution >= 4 is 16.9 Å². The van der Waals surface area contributed by atoms with Gasteiger partial charge in [-0.2, -0.15) is 0 Å². The van der Waals surface area contributed by atoms with Crippen LogP contribution in [0.2, 0.25) is 0 Å². The number of rotatable bonds is 6. The molecule has 1 N–H and O–H groups in total. The minimum Gasteiger partial charge on any atom is -0.487 e. The van der Waals surface area contributed by atoms with E-state index in [9.17, 15) is 14.7 Å². The molecule has 1 aliphatic rings. The Hall–Kier alpha value is -3.02. The molecule has 6 nitrogen and oxygen atoms in total. The number of hydrogen-bond donors (Lipinski definition) is 1. The molecule has 3 aromatic rings. The summed E-state index contributed by atoms with van der Waals surface area (Å²) >= 11 is 0. The van der Waals surface area contributed by atoms with E-state index in [1.165, 1.54) is 6.07 Å². The average molecular weight is 382 g/mol. The molecule has 146 valence electrons. The molecule has 0 radical (unpaired) electrons. The Morgan fingerprint density at radius 3 is 2.57 bits per heavy atom. The van der Waals surface area contributed by atoms with E-state index in [1.54, 1.807) is 12.3 Å². The lowest BCUT2D eigenvalue weighted by Crippen LogP contribution is -2.14. The molecular formula is C22H22O6. The van der Waals surface area contributed by atoms with Crippen LogP contribution < -0.4 is 10.2 Å². The largest absolute Gasteiger partial charge is 0.487 e. The Kier molecular flexibility index (Phi) is 4.49. The predicted octanol–water partition coefficient (Wildman–Crippen LogP) is 4.62. The summed E-state index contributed by atoms with van der Waals surface area (Å²) in [6.45, 7) is 5.95. The number of furan rings is 1. The van der Waals surface area contributed by atoms with E-state index in [0.29, 0.717) is 35.3 Å². The van der Waals surface area contributed by atoms with Gasteiger partial charge in [0.05, 0.1) is 23.8 Å². The van der Waals surface area contributed by atoms with Gasteiger partial charge in [-0.1, -0.05) is 6.92 Å². The van der Waals surface area contributed by atoms with Crippen molar-refractivity contribution in [2.24, 2.45) is 0 Å². The Balaban J connectivity index is 1.90. The number of fused-ring (bicyclic) bond motifs is 1. The van der Waals surface area contributed by atoms with Gasteiger partial charge in [0.2, 0.25) is 11.2 Å². The van der Waals surface area contributed by atoms with Gasteiger partial charge < -0.3 is 18.7 Å². The van der Waals surface area contributed by atoms with Crippen molar-refractivity contribution in [1.82, 2.24) is 0 Å². The van der Waals surface area contributed by atoms with Crippen LogP contribution >= 0.6 is 0 Å². The molecule has 6 heteroatoms. The highest BCUT2D eigenvalue weighted by Crippen LogP contribution is 2.57. The number of carboxylic acids is 1. The van der Waals surface area contributed by atoms with Crippen molar-refractivity contribution in [3.63, 3.8) is 0 Å². The van der Waals surface area contributed by atoms with Gasteiger partial charge in [-0.05, 0) is 56.0 Å². The van der Waals surface area contributed by atoms with Crippen molar-refractivity contribution in [3.8, 4) is 5.75 Å². The van der Waals surface area contributed by atoms with Gasteiger partial charge in [0.25, 0.3) is 0 Å². The average Bonchev–Trinajstić information content (AvgIpc) is 3.35. The molecular weight excluding hydrogens is 360 g/mol. The standard InChI is InChI=1S/C22H22O6/c1-4-12-13(22(24)25)6-7-16-17(12)18(23)21(26-5-2)20(28-16)15-10-14(15)19-11(3)8-9-27-19/h6-9,14-15H,4-5,10H2,1-3H3,(H,24,25). The molecule has 2 unspecified atom stereocenters. The Morgan fingerprint density at radius 2 is 1.96 bits per heavy atom. The van der Waals surface area contributed by atoms with Crippen molar-refractivity contribution in [3.05, 3.63) is 62.9 Å². The van der Waals surface area contributed by atoms with Gasteiger partial charge in [0.1, 0.15) is 11.3 Å². The highest BCUT2D eigenvalue weighted by atomic mass is 16.5. The number of ether oxygens (including phenoxy) is 1. The number of carbonyl (C=O) groups is 1. The van der Waals surface area contributed by atoms with Crippen LogP contribution in [0.25, 0.3) is 11.0 Å². The minimum atomic E-state index is -1.06. The number of hydrogen-bond acceptors (Lipinski definition) is 5. The van der Waals surface area contributed by atoms with Gasteiger partial charge in [0, 0.05) is 11.8 Å². The monoisotopic (exact) mass is 382 g/mol. The van der Waals surface area contributed by atoms with E-state index in [-0.39, 0.29) is 28.6 Å². The van der Waals surface area contributed by atoms with E-state index >= 15 is 0 Å². The highest BCUT2D eigenvalue weighted by molar-refractivity contribution is 5.96. The molecule has 1 saturated carbocycles. The van der Waals surface area contributed by atoms with E-state index < -0.39 is 5.97 Å². The van der Waals surface area contributed by atoms with Crippen molar-refractivity contribution in [1.29, 1.82) is 0 Å². The first-order valence-electron chi connectivity index (χ1n) is 9.50. The first-order chi connectivity index (χ1) is 13.5. The second-order valence-electron chi connectivity index (χ2n) is 7.10. The summed E-state index contributed by atoms with van der Waals surface area (Å²) in [5, 5.41) is 9.76. The molecule has 1 aromatic carbocycles. The van der Waals surface area contributed by atoms with Crippen LogP contribution in [0.3, 0.4) is 0 Å². The quantitative estimate of drug-likeness (QED) is 0.669. The fraction of sp³-hybridized carbons (Fsp3) is 0.364. The molecule has 0 saturated heterocycles. The number of benzene rings is 1. The summed E-state index contributed by atoms with van der Waals surface area (Å²) in [5.41, 5.74) is 1.76. The summed E-state index contributed by atoms with van der Waals surface area (Å²) in [4.78, 5) is 24.8. The topological polar surface area (TPSA) is 89.9 Å². The molecule has 1 fully saturated rings. The second-order valence-corrected chi connectivity index (χ2v) is 7.10. The van der Waals surface area contributed by atoms with E-state index in [1.807, 2.05) is 26.8 Å². The molecule has 2 atom stereocenters. The van der Waals surface area contributed by atoms with Crippen molar-refractivity contribution < 1.29 is 23.5 Å². The lowest BCUT2D eigenvalue weighted by atomic mass is 9.99. The molecule has 28 heavy (non-hydrogen) atoms. The van der Waals surface area contributed by atoms with Gasteiger partial charge in [-0.15, -0.1) is 0 Å². The third kappa shape index (κ3) is 2.80. The van der Waals surface area contributed by atoms with E-state index in [4.69, 9.17) is 13.6 Å². The maximum Gasteiger partial charge on any atom is 0.335 e. The summed E-state index contributed by atoms with van der Waals surface area (Å²) < 4.78 is 17.4. The van der Waals surface area contributed by atoms with Gasteiger partial charge >= 0.3 is 5.97 Å². The third-order valence-electron chi connectivity index (χ3n) is 5.39. The van der Waals surface area contributed by atoms with Gasteiger partial charge in [-0.3, -0.25) is 4.79 Å². The van der Waals surface area contributed by atoms with Crippen LogP contribution in [0, 0.1) is 6.92 Å². The van der Waals surface area contributed by atoms with Crippen LogP contribution in [-0.4, -0.2) is 17.7 Å². The predicted molar refractivity (Wildman–Crippen MR) is 104 cm³/mol. The SMILES string of the molecule is CCOc1c(C2CC2c2occc2C)oc2ccc(C(=O)O)c(CC)c2c1=O. The van der Waals surface area contributed by atoms with Crippen LogP contribution in [0.15, 0.2) is 38.1 Å². The van der Waals surface area contributed by atoms with E-state index in [2.05, 4.69) is 0 Å². The number of carboxylic acid groups (broad SMARTS) is 1. The summed E-state index contributed by atoms with van der Waals surface area (Å²) in [6.07, 6.45) is 2.89. The van der Waals surface area contributed by atoms with Crippen LogP contribution in [0.4, 0.5) is 0 Å².